The zero-order chi connectivity index (χ0) is 21.1. The fourth-order valence-electron chi connectivity index (χ4n) is 5.29. The highest BCUT2D eigenvalue weighted by Gasteiger charge is 2.55. The predicted molar refractivity (Wildman–Crippen MR) is 112 cm³/mol. The number of likely N-dealkylation sites (tertiary alicyclic amines) is 1. The van der Waals surface area contributed by atoms with Gasteiger partial charge in [-0.25, -0.2) is 0 Å². The van der Waals surface area contributed by atoms with E-state index in [4.69, 9.17) is 9.47 Å². The van der Waals surface area contributed by atoms with Gasteiger partial charge >= 0.3 is 0 Å². The summed E-state index contributed by atoms with van der Waals surface area (Å²) in [6.45, 7) is 0.508. The van der Waals surface area contributed by atoms with Crippen molar-refractivity contribution in [3.63, 3.8) is 0 Å². The van der Waals surface area contributed by atoms with Gasteiger partial charge in [0.2, 0.25) is 12.7 Å². The first kappa shape index (κ1) is 18.7. The molecule has 2 fully saturated rings. The second kappa shape index (κ2) is 6.99. The largest absolute Gasteiger partial charge is 0.454 e. The number of aliphatic hydroxyl groups is 1. The quantitative estimate of drug-likeness (QED) is 0.822. The zero-order valence-electron chi connectivity index (χ0n) is 17.1. The summed E-state index contributed by atoms with van der Waals surface area (Å²) in [5.41, 5.74) is 2.38. The normalized spacial score (nSPS) is 25.5. The molecule has 31 heavy (non-hydrogen) atoms. The number of hydrogen-bond acceptors (Lipinski definition) is 5. The summed E-state index contributed by atoms with van der Waals surface area (Å²) in [7, 11) is 0. The van der Waals surface area contributed by atoms with E-state index in [0.717, 1.165) is 24.1 Å². The van der Waals surface area contributed by atoms with E-state index in [9.17, 15) is 14.7 Å². The molecule has 1 saturated carbocycles. The van der Waals surface area contributed by atoms with E-state index in [2.05, 4.69) is 0 Å². The minimum atomic E-state index is -0.222. The first-order chi connectivity index (χ1) is 15.2. The predicted octanol–water partition coefficient (Wildman–Crippen LogP) is 2.53. The van der Waals surface area contributed by atoms with Crippen molar-refractivity contribution in [3.8, 4) is 11.5 Å². The zero-order valence-corrected chi connectivity index (χ0v) is 17.1. The number of benzene rings is 2. The van der Waals surface area contributed by atoms with E-state index in [0.29, 0.717) is 35.9 Å². The average Bonchev–Trinajstić information content (AvgIpc) is 3.45. The molecule has 0 aromatic heterocycles. The number of ether oxygens (including phenoxy) is 2. The van der Waals surface area contributed by atoms with Crippen LogP contribution < -0.4 is 14.4 Å². The van der Waals surface area contributed by atoms with E-state index < -0.39 is 0 Å². The summed E-state index contributed by atoms with van der Waals surface area (Å²) in [5.74, 6) is 1.69. The third kappa shape index (κ3) is 2.91. The first-order valence-electron chi connectivity index (χ1n) is 10.9. The molecule has 1 aliphatic carbocycles. The van der Waals surface area contributed by atoms with Gasteiger partial charge in [-0.05, 0) is 48.6 Å². The molecule has 2 aromatic carbocycles. The number of carbonyl (C=O) groups excluding carboxylic acids is 2. The third-order valence-corrected chi connectivity index (χ3v) is 7.00. The van der Waals surface area contributed by atoms with Gasteiger partial charge in [-0.2, -0.15) is 0 Å². The highest BCUT2D eigenvalue weighted by atomic mass is 16.7. The Kier molecular flexibility index (Phi) is 4.21. The molecular weight excluding hydrogens is 396 g/mol. The minimum Gasteiger partial charge on any atom is -0.454 e. The van der Waals surface area contributed by atoms with Crippen LogP contribution in [0.15, 0.2) is 42.5 Å². The summed E-state index contributed by atoms with van der Waals surface area (Å²) < 4.78 is 10.8. The van der Waals surface area contributed by atoms with Crippen molar-refractivity contribution in [2.24, 2.45) is 5.92 Å². The van der Waals surface area contributed by atoms with Crippen LogP contribution in [-0.2, 0) is 4.79 Å². The number of rotatable bonds is 4. The molecule has 1 saturated heterocycles. The van der Waals surface area contributed by atoms with Crippen molar-refractivity contribution in [3.05, 3.63) is 53.6 Å². The highest BCUT2D eigenvalue weighted by molar-refractivity contribution is 6.07. The van der Waals surface area contributed by atoms with Crippen molar-refractivity contribution in [1.29, 1.82) is 0 Å². The Bertz CT molecular complexity index is 1070. The molecule has 7 heteroatoms. The molecule has 6 rings (SSSR count). The van der Waals surface area contributed by atoms with Gasteiger partial charge in [-0.3, -0.25) is 9.59 Å². The molecular formula is C24H24N2O5. The average molecular weight is 420 g/mol. The number of nitrogens with zero attached hydrogens (tertiary/aromatic N) is 2. The second-order valence-electron chi connectivity index (χ2n) is 8.83. The summed E-state index contributed by atoms with van der Waals surface area (Å²) in [6, 6.07) is 12.7. The summed E-state index contributed by atoms with van der Waals surface area (Å²) >= 11 is 0. The van der Waals surface area contributed by atoms with Crippen molar-refractivity contribution in [2.75, 3.05) is 24.8 Å². The van der Waals surface area contributed by atoms with Crippen LogP contribution in [0.1, 0.15) is 41.1 Å². The summed E-state index contributed by atoms with van der Waals surface area (Å²) in [6.07, 6.45) is 2.75. The molecule has 0 bridgehead atoms. The molecule has 2 aromatic rings. The van der Waals surface area contributed by atoms with Crippen LogP contribution in [0.3, 0.4) is 0 Å². The van der Waals surface area contributed by atoms with Gasteiger partial charge in [0.1, 0.15) is 0 Å². The van der Waals surface area contributed by atoms with E-state index in [1.54, 1.807) is 23.1 Å². The molecule has 3 heterocycles. The molecule has 7 nitrogen and oxygen atoms in total. The van der Waals surface area contributed by atoms with Gasteiger partial charge in [0.05, 0.1) is 18.7 Å². The van der Waals surface area contributed by atoms with Gasteiger partial charge in [0.25, 0.3) is 5.91 Å². The number of fused-ring (bicyclic) bond motifs is 4. The summed E-state index contributed by atoms with van der Waals surface area (Å²) in [5, 5.41) is 10.1. The maximum Gasteiger partial charge on any atom is 0.258 e. The van der Waals surface area contributed by atoms with Crippen molar-refractivity contribution in [2.45, 2.75) is 37.3 Å². The number of amides is 2. The lowest BCUT2D eigenvalue weighted by molar-refractivity contribution is -0.150. The van der Waals surface area contributed by atoms with Crippen molar-refractivity contribution in [1.82, 2.24) is 4.90 Å². The molecule has 0 radical (unpaired) electrons. The van der Waals surface area contributed by atoms with Gasteiger partial charge in [0, 0.05) is 30.1 Å². The number of aliphatic hydroxyl groups excluding tert-OH is 1. The van der Waals surface area contributed by atoms with Crippen molar-refractivity contribution >= 4 is 17.5 Å². The lowest BCUT2D eigenvalue weighted by Crippen LogP contribution is -2.70. The van der Waals surface area contributed by atoms with Crippen LogP contribution in [0, 0.1) is 5.92 Å². The van der Waals surface area contributed by atoms with E-state index in [-0.39, 0.29) is 43.2 Å². The number of carbonyl (C=O) groups is 2. The van der Waals surface area contributed by atoms with Gasteiger partial charge < -0.3 is 24.4 Å². The lowest BCUT2D eigenvalue weighted by atomic mass is 9.71. The highest BCUT2D eigenvalue weighted by Crippen LogP contribution is 2.49. The molecule has 2 amide bonds. The van der Waals surface area contributed by atoms with Crippen LogP contribution in [0.25, 0.3) is 0 Å². The van der Waals surface area contributed by atoms with E-state index in [1.165, 1.54) is 0 Å². The monoisotopic (exact) mass is 420 g/mol. The maximum atomic E-state index is 13.5. The van der Waals surface area contributed by atoms with Crippen molar-refractivity contribution < 1.29 is 24.2 Å². The molecule has 4 aliphatic rings. The van der Waals surface area contributed by atoms with Gasteiger partial charge in [-0.15, -0.1) is 0 Å². The number of para-hydroxylation sites is 1. The first-order valence-corrected chi connectivity index (χ1v) is 10.9. The van der Waals surface area contributed by atoms with Crippen LogP contribution in [0.5, 0.6) is 11.5 Å². The van der Waals surface area contributed by atoms with Crippen LogP contribution >= 0.6 is 0 Å². The van der Waals surface area contributed by atoms with E-state index in [1.807, 2.05) is 29.2 Å². The molecule has 0 unspecified atom stereocenters. The maximum absolute atomic E-state index is 13.5. The van der Waals surface area contributed by atoms with E-state index >= 15 is 0 Å². The Hall–Kier alpha value is -3.06. The summed E-state index contributed by atoms with van der Waals surface area (Å²) in [4.78, 5) is 30.1. The molecule has 3 aliphatic heterocycles. The molecule has 160 valence electrons. The third-order valence-electron chi connectivity index (χ3n) is 7.00. The Labute approximate surface area is 180 Å². The Balaban J connectivity index is 1.34. The molecule has 0 spiro atoms. The Morgan fingerprint density at radius 3 is 2.68 bits per heavy atom. The van der Waals surface area contributed by atoms with Crippen LogP contribution in [0.4, 0.5) is 5.69 Å². The smallest absolute Gasteiger partial charge is 0.258 e. The van der Waals surface area contributed by atoms with Gasteiger partial charge in [-0.1, -0.05) is 18.2 Å². The number of anilines is 1. The molecule has 1 N–H and O–H groups in total. The number of hydrogen-bond donors (Lipinski definition) is 1. The second-order valence-corrected chi connectivity index (χ2v) is 8.83. The minimum absolute atomic E-state index is 0.0464. The molecule has 3 atom stereocenters. The standard InChI is InChI=1S/C24H24N2O5/c27-12-19-23-16-3-1-2-4-17(16)25(11-18(23)26(19)22(28)9-14-5-6-14)24(29)15-7-8-20-21(10-15)31-13-30-20/h1-4,7-8,10,14,18-19,23,27H,5-6,9,11-13H2/t18-,19+,23+/m0/s1. The Morgan fingerprint density at radius 1 is 1.06 bits per heavy atom. The fourth-order valence-corrected chi connectivity index (χ4v) is 5.29. The van der Waals surface area contributed by atoms with Crippen LogP contribution in [0.2, 0.25) is 0 Å². The van der Waals surface area contributed by atoms with Crippen LogP contribution in [-0.4, -0.2) is 53.8 Å². The fraction of sp³-hybridized carbons (Fsp3) is 0.417. The topological polar surface area (TPSA) is 79.3 Å². The Morgan fingerprint density at radius 2 is 1.87 bits per heavy atom. The van der Waals surface area contributed by atoms with Gasteiger partial charge in [0.15, 0.2) is 11.5 Å². The lowest BCUT2D eigenvalue weighted by Gasteiger charge is -2.59. The SMILES string of the molecule is O=C(c1ccc2c(c1)OCO2)N1C[C@H]2[C@@H](c3ccccc31)[C@@H](CO)N2C(=O)CC1CC1.